The highest BCUT2D eigenvalue weighted by molar-refractivity contribution is 9.10. The van der Waals surface area contributed by atoms with Crippen LogP contribution in [0.25, 0.3) is 16.5 Å². The third-order valence-corrected chi connectivity index (χ3v) is 2.78. The van der Waals surface area contributed by atoms with Crippen molar-refractivity contribution in [3.05, 3.63) is 37.3 Å². The lowest BCUT2D eigenvalue weighted by atomic mass is 10.4. The molecule has 0 atom stereocenters. The molecule has 0 N–H and O–H groups in total. The van der Waals surface area contributed by atoms with Gasteiger partial charge in [0.15, 0.2) is 0 Å². The summed E-state index contributed by atoms with van der Waals surface area (Å²) in [5.74, 6) is 0. The third kappa shape index (κ3) is 3.09. The molecule has 0 spiro atoms. The SMILES string of the molecule is [N-]=[N+]=NCC=Cc1cc(Br)cs1. The van der Waals surface area contributed by atoms with E-state index in [0.29, 0.717) is 6.54 Å². The molecule has 0 aromatic carbocycles. The van der Waals surface area contributed by atoms with Crippen molar-refractivity contribution in [1.82, 2.24) is 0 Å². The highest BCUT2D eigenvalue weighted by atomic mass is 79.9. The van der Waals surface area contributed by atoms with Gasteiger partial charge in [0.25, 0.3) is 0 Å². The lowest BCUT2D eigenvalue weighted by Crippen LogP contribution is -1.65. The van der Waals surface area contributed by atoms with Gasteiger partial charge in [0.1, 0.15) is 0 Å². The minimum absolute atomic E-state index is 0.409. The smallest absolute Gasteiger partial charge is 0.0443 e. The Morgan fingerprint density at radius 1 is 1.75 bits per heavy atom. The summed E-state index contributed by atoms with van der Waals surface area (Å²) in [6.07, 6.45) is 3.77. The van der Waals surface area contributed by atoms with Gasteiger partial charge < -0.3 is 0 Å². The summed E-state index contributed by atoms with van der Waals surface area (Å²) in [4.78, 5) is 3.79. The highest BCUT2D eigenvalue weighted by Crippen LogP contribution is 2.20. The van der Waals surface area contributed by atoms with Crippen LogP contribution >= 0.6 is 27.3 Å². The van der Waals surface area contributed by atoms with Gasteiger partial charge in [-0.1, -0.05) is 11.2 Å². The van der Waals surface area contributed by atoms with Crippen LogP contribution in [0.15, 0.2) is 27.1 Å². The van der Waals surface area contributed by atoms with Crippen LogP contribution in [0, 0.1) is 0 Å². The summed E-state index contributed by atoms with van der Waals surface area (Å²) >= 11 is 4.99. The molecule has 1 aromatic rings. The second kappa shape index (κ2) is 4.98. The molecule has 3 nitrogen and oxygen atoms in total. The lowest BCUT2D eigenvalue weighted by Gasteiger charge is -1.80. The van der Waals surface area contributed by atoms with Gasteiger partial charge in [0.2, 0.25) is 0 Å². The lowest BCUT2D eigenvalue weighted by molar-refractivity contribution is 1.22. The number of nitrogens with zero attached hydrogens (tertiary/aromatic N) is 3. The zero-order valence-corrected chi connectivity index (χ0v) is 8.55. The molecule has 0 saturated heterocycles. The van der Waals surface area contributed by atoms with Gasteiger partial charge in [-0.2, -0.15) is 0 Å². The van der Waals surface area contributed by atoms with Crippen molar-refractivity contribution in [2.45, 2.75) is 0 Å². The zero-order chi connectivity index (χ0) is 8.81. The number of hydrogen-bond donors (Lipinski definition) is 0. The van der Waals surface area contributed by atoms with E-state index in [9.17, 15) is 0 Å². The molecule has 5 heteroatoms. The first-order valence-electron chi connectivity index (χ1n) is 3.24. The second-order valence-electron chi connectivity index (χ2n) is 1.98. The Labute approximate surface area is 82.5 Å². The predicted molar refractivity (Wildman–Crippen MR) is 55.1 cm³/mol. The number of halogens is 1. The van der Waals surface area contributed by atoms with Crippen molar-refractivity contribution < 1.29 is 0 Å². The normalized spacial score (nSPS) is 10.1. The Balaban J connectivity index is 2.51. The average molecular weight is 244 g/mol. The number of azide groups is 1. The summed E-state index contributed by atoms with van der Waals surface area (Å²) in [5, 5.41) is 5.39. The average Bonchev–Trinajstić information content (AvgIpc) is 2.45. The molecule has 0 aliphatic heterocycles. The largest absolute Gasteiger partial charge is 0.143 e. The maximum Gasteiger partial charge on any atom is 0.0443 e. The third-order valence-electron chi connectivity index (χ3n) is 1.12. The Morgan fingerprint density at radius 2 is 2.58 bits per heavy atom. The summed E-state index contributed by atoms with van der Waals surface area (Å²) < 4.78 is 1.08. The highest BCUT2D eigenvalue weighted by Gasteiger charge is 1.90. The minimum atomic E-state index is 0.409. The van der Waals surface area contributed by atoms with E-state index in [4.69, 9.17) is 5.53 Å². The topological polar surface area (TPSA) is 48.8 Å². The van der Waals surface area contributed by atoms with E-state index in [0.717, 1.165) is 9.35 Å². The van der Waals surface area contributed by atoms with Crippen LogP contribution in [0.5, 0.6) is 0 Å². The monoisotopic (exact) mass is 243 g/mol. The number of rotatable bonds is 3. The van der Waals surface area contributed by atoms with E-state index in [1.165, 1.54) is 0 Å². The molecule has 1 heterocycles. The molecule has 0 bridgehead atoms. The molecule has 1 rings (SSSR count). The Bertz CT molecular complexity index is 325. The van der Waals surface area contributed by atoms with Gasteiger partial charge in [-0.3, -0.25) is 0 Å². The van der Waals surface area contributed by atoms with Gasteiger partial charge >= 0.3 is 0 Å². The van der Waals surface area contributed by atoms with Crippen molar-refractivity contribution in [1.29, 1.82) is 0 Å². The van der Waals surface area contributed by atoms with Crippen molar-refractivity contribution in [3.63, 3.8) is 0 Å². The van der Waals surface area contributed by atoms with Gasteiger partial charge in [-0.25, -0.2) is 0 Å². The zero-order valence-electron chi connectivity index (χ0n) is 6.14. The molecule has 1 aromatic heterocycles. The molecule has 62 valence electrons. The van der Waals surface area contributed by atoms with Crippen LogP contribution in [-0.4, -0.2) is 6.54 Å². The van der Waals surface area contributed by atoms with Crippen LogP contribution in [0.4, 0.5) is 0 Å². The Morgan fingerprint density at radius 3 is 3.17 bits per heavy atom. The van der Waals surface area contributed by atoms with Crippen LogP contribution in [0.1, 0.15) is 4.88 Å². The van der Waals surface area contributed by atoms with Gasteiger partial charge in [0.05, 0.1) is 0 Å². The fourth-order valence-corrected chi connectivity index (χ4v) is 2.03. The van der Waals surface area contributed by atoms with Crippen LogP contribution in [0.2, 0.25) is 0 Å². The first-order valence-corrected chi connectivity index (χ1v) is 4.91. The Kier molecular flexibility index (Phi) is 3.87. The maximum absolute atomic E-state index is 7.99. The van der Waals surface area contributed by atoms with E-state index in [1.54, 1.807) is 11.3 Å². The second-order valence-corrected chi connectivity index (χ2v) is 3.84. The van der Waals surface area contributed by atoms with Gasteiger partial charge in [-0.15, -0.1) is 11.3 Å². The molecule has 0 aliphatic rings. The van der Waals surface area contributed by atoms with Crippen LogP contribution in [0.3, 0.4) is 0 Å². The summed E-state index contributed by atoms with van der Waals surface area (Å²) in [6.45, 7) is 0.409. The molecule has 0 radical (unpaired) electrons. The Hall–Kier alpha value is -0.770. The fraction of sp³-hybridized carbons (Fsp3) is 0.143. The van der Waals surface area contributed by atoms with E-state index in [2.05, 4.69) is 26.0 Å². The van der Waals surface area contributed by atoms with Crippen molar-refractivity contribution in [2.24, 2.45) is 5.11 Å². The first-order chi connectivity index (χ1) is 5.83. The van der Waals surface area contributed by atoms with Crippen molar-refractivity contribution >= 4 is 33.3 Å². The summed E-state index contributed by atoms with van der Waals surface area (Å²) in [6, 6.07) is 2.01. The molecule has 0 unspecified atom stereocenters. The standard InChI is InChI=1S/C7H6BrN3S/c8-6-4-7(12-5-6)2-1-3-10-11-9/h1-2,4-5H,3H2. The maximum atomic E-state index is 7.99. The van der Waals surface area contributed by atoms with E-state index >= 15 is 0 Å². The van der Waals surface area contributed by atoms with Gasteiger partial charge in [0, 0.05) is 26.2 Å². The van der Waals surface area contributed by atoms with E-state index in [-0.39, 0.29) is 0 Å². The van der Waals surface area contributed by atoms with Gasteiger partial charge in [-0.05, 0) is 33.6 Å². The van der Waals surface area contributed by atoms with Crippen molar-refractivity contribution in [2.75, 3.05) is 6.54 Å². The first kappa shape index (κ1) is 9.32. The number of thiophene rings is 1. The number of hydrogen-bond acceptors (Lipinski definition) is 2. The molecule has 0 amide bonds. The van der Waals surface area contributed by atoms with E-state index < -0.39 is 0 Å². The summed E-state index contributed by atoms with van der Waals surface area (Å²) in [5.41, 5.74) is 7.99. The molecular weight excluding hydrogens is 238 g/mol. The predicted octanol–water partition coefficient (Wildman–Crippen LogP) is 3.83. The molecular formula is C7H6BrN3S. The van der Waals surface area contributed by atoms with E-state index in [1.807, 2.05) is 23.6 Å². The fourth-order valence-electron chi connectivity index (χ4n) is 0.668. The molecule has 12 heavy (non-hydrogen) atoms. The van der Waals surface area contributed by atoms with Crippen LogP contribution in [-0.2, 0) is 0 Å². The van der Waals surface area contributed by atoms with Crippen LogP contribution < -0.4 is 0 Å². The quantitative estimate of drug-likeness (QED) is 0.440. The summed E-state index contributed by atoms with van der Waals surface area (Å²) in [7, 11) is 0. The molecule has 0 saturated carbocycles. The van der Waals surface area contributed by atoms with Crippen molar-refractivity contribution in [3.8, 4) is 0 Å². The minimum Gasteiger partial charge on any atom is -0.143 e. The molecule has 0 fully saturated rings. The molecule has 0 aliphatic carbocycles.